The molecule has 1 aliphatic heterocycles. The molecular formula is C27H28ClN3O4. The second-order valence-electron chi connectivity index (χ2n) is 8.47. The maximum atomic E-state index is 13.1. The number of piperidine rings is 1. The van der Waals surface area contributed by atoms with Crippen LogP contribution < -0.4 is 14.8 Å². The van der Waals surface area contributed by atoms with Crippen LogP contribution in [0.2, 0.25) is 5.02 Å². The molecule has 1 saturated heterocycles. The number of likely N-dealkylation sites (tertiary alicyclic amines) is 1. The van der Waals surface area contributed by atoms with Gasteiger partial charge < -0.3 is 19.7 Å². The van der Waals surface area contributed by atoms with Gasteiger partial charge in [-0.15, -0.1) is 0 Å². The van der Waals surface area contributed by atoms with Gasteiger partial charge in [-0.1, -0.05) is 11.6 Å². The monoisotopic (exact) mass is 493 g/mol. The zero-order valence-corrected chi connectivity index (χ0v) is 20.5. The number of pyridine rings is 1. The van der Waals surface area contributed by atoms with Gasteiger partial charge in [-0.3, -0.25) is 14.6 Å². The van der Waals surface area contributed by atoms with Crippen LogP contribution in [0.4, 0.5) is 5.69 Å². The van der Waals surface area contributed by atoms with Gasteiger partial charge in [0.15, 0.2) is 6.61 Å². The number of carbonyl (C=O) groups is 2. The highest BCUT2D eigenvalue weighted by Crippen LogP contribution is 2.30. The summed E-state index contributed by atoms with van der Waals surface area (Å²) in [6.45, 7) is 3.07. The molecule has 182 valence electrons. The molecule has 1 aromatic heterocycles. The number of nitrogens with zero attached hydrogens (tertiary/aromatic N) is 2. The number of anilines is 1. The van der Waals surface area contributed by atoms with Crippen molar-refractivity contribution in [1.29, 1.82) is 0 Å². The number of rotatable bonds is 7. The van der Waals surface area contributed by atoms with Gasteiger partial charge in [0.05, 0.1) is 18.4 Å². The highest BCUT2D eigenvalue weighted by Gasteiger charge is 2.28. The van der Waals surface area contributed by atoms with E-state index >= 15 is 0 Å². The molecule has 1 aliphatic rings. The van der Waals surface area contributed by atoms with Crippen molar-refractivity contribution >= 4 is 29.1 Å². The Morgan fingerprint density at radius 1 is 1.00 bits per heavy atom. The number of halogens is 1. The van der Waals surface area contributed by atoms with Gasteiger partial charge in [-0.2, -0.15) is 0 Å². The van der Waals surface area contributed by atoms with E-state index in [1.54, 1.807) is 60.5 Å². The lowest BCUT2D eigenvalue weighted by molar-refractivity contribution is -0.134. The van der Waals surface area contributed by atoms with Crippen molar-refractivity contribution < 1.29 is 19.1 Å². The summed E-state index contributed by atoms with van der Waals surface area (Å²) in [5.41, 5.74) is 2.88. The van der Waals surface area contributed by atoms with E-state index in [9.17, 15) is 9.59 Å². The number of benzene rings is 2. The average molecular weight is 494 g/mol. The SMILES string of the molecule is COc1ccc(NC(=O)c2ccc(C)nc2C2CCN(C(=O)COc3ccc(Cl)cc3)CC2)cc1. The largest absolute Gasteiger partial charge is 0.497 e. The summed E-state index contributed by atoms with van der Waals surface area (Å²) in [5, 5.41) is 3.57. The maximum Gasteiger partial charge on any atom is 0.260 e. The summed E-state index contributed by atoms with van der Waals surface area (Å²) in [5.74, 6) is 1.16. The van der Waals surface area contributed by atoms with Crippen molar-refractivity contribution in [3.63, 3.8) is 0 Å². The van der Waals surface area contributed by atoms with Crippen LogP contribution in [-0.4, -0.2) is 48.5 Å². The summed E-state index contributed by atoms with van der Waals surface area (Å²) >= 11 is 5.89. The Morgan fingerprint density at radius 3 is 2.31 bits per heavy atom. The van der Waals surface area contributed by atoms with E-state index in [2.05, 4.69) is 5.32 Å². The summed E-state index contributed by atoms with van der Waals surface area (Å²) in [4.78, 5) is 32.3. The first kappa shape index (κ1) is 24.5. The lowest BCUT2D eigenvalue weighted by Gasteiger charge is -2.32. The van der Waals surface area contributed by atoms with Crippen LogP contribution in [0, 0.1) is 6.92 Å². The number of carbonyl (C=O) groups excluding carboxylic acids is 2. The van der Waals surface area contributed by atoms with Crippen molar-refractivity contribution in [3.05, 3.63) is 82.6 Å². The zero-order chi connectivity index (χ0) is 24.8. The molecule has 8 heteroatoms. The molecule has 0 saturated carbocycles. The molecule has 0 unspecified atom stereocenters. The van der Waals surface area contributed by atoms with Crippen LogP contribution in [-0.2, 0) is 4.79 Å². The predicted molar refractivity (Wildman–Crippen MR) is 135 cm³/mol. The normalized spacial score (nSPS) is 13.9. The van der Waals surface area contributed by atoms with E-state index < -0.39 is 0 Å². The molecule has 3 aromatic rings. The molecule has 7 nitrogen and oxygen atoms in total. The Bertz CT molecular complexity index is 1170. The first-order chi connectivity index (χ1) is 16.9. The summed E-state index contributed by atoms with van der Waals surface area (Å²) in [6.07, 6.45) is 1.46. The van der Waals surface area contributed by atoms with E-state index in [-0.39, 0.29) is 24.3 Å². The zero-order valence-electron chi connectivity index (χ0n) is 19.8. The van der Waals surface area contributed by atoms with E-state index in [0.29, 0.717) is 35.1 Å². The summed E-state index contributed by atoms with van der Waals surface area (Å²) in [6, 6.07) is 17.8. The van der Waals surface area contributed by atoms with Crippen molar-refractivity contribution in [3.8, 4) is 11.5 Å². The number of nitrogens with one attached hydrogen (secondary N) is 1. The lowest BCUT2D eigenvalue weighted by Crippen LogP contribution is -2.40. The van der Waals surface area contributed by atoms with Crippen molar-refractivity contribution in [1.82, 2.24) is 9.88 Å². The quantitative estimate of drug-likeness (QED) is 0.496. The van der Waals surface area contributed by atoms with E-state index in [4.69, 9.17) is 26.1 Å². The molecule has 0 radical (unpaired) electrons. The smallest absolute Gasteiger partial charge is 0.260 e. The van der Waals surface area contributed by atoms with Crippen LogP contribution in [0.25, 0.3) is 0 Å². The molecular weight excluding hydrogens is 466 g/mol. The van der Waals surface area contributed by atoms with Gasteiger partial charge in [0.1, 0.15) is 11.5 Å². The minimum absolute atomic E-state index is 0.0233. The molecule has 1 N–H and O–H groups in total. The summed E-state index contributed by atoms with van der Waals surface area (Å²) in [7, 11) is 1.60. The van der Waals surface area contributed by atoms with Gasteiger partial charge >= 0.3 is 0 Å². The molecule has 2 heterocycles. The molecule has 4 rings (SSSR count). The van der Waals surface area contributed by atoms with Crippen molar-refractivity contribution in [2.45, 2.75) is 25.7 Å². The third kappa shape index (κ3) is 6.31. The molecule has 2 amide bonds. The third-order valence-corrected chi connectivity index (χ3v) is 6.32. The standard InChI is InChI=1S/C27H28ClN3O4/c1-18-3-12-24(27(33)30-21-6-10-22(34-2)11-7-21)26(29-18)19-13-15-31(16-14-19)25(32)17-35-23-8-4-20(28)5-9-23/h3-12,19H,13-17H2,1-2H3,(H,30,33). The van der Waals surface area contributed by atoms with Crippen LogP contribution in [0.3, 0.4) is 0 Å². The topological polar surface area (TPSA) is 80.8 Å². The number of hydrogen-bond acceptors (Lipinski definition) is 5. The molecule has 1 fully saturated rings. The molecule has 0 atom stereocenters. The fourth-order valence-corrected chi connectivity index (χ4v) is 4.25. The first-order valence-corrected chi connectivity index (χ1v) is 11.9. The van der Waals surface area contributed by atoms with E-state index in [1.807, 2.05) is 19.1 Å². The molecule has 0 aliphatic carbocycles. The Balaban J connectivity index is 1.37. The number of aromatic nitrogens is 1. The molecule has 35 heavy (non-hydrogen) atoms. The number of ether oxygens (including phenoxy) is 2. The Kier molecular flexibility index (Phi) is 7.87. The summed E-state index contributed by atoms with van der Waals surface area (Å²) < 4.78 is 10.8. The van der Waals surface area contributed by atoms with Crippen LogP contribution >= 0.6 is 11.6 Å². The van der Waals surface area contributed by atoms with Crippen molar-refractivity contribution in [2.24, 2.45) is 0 Å². The van der Waals surface area contributed by atoms with E-state index in [0.717, 1.165) is 30.0 Å². The molecule has 0 spiro atoms. The van der Waals surface area contributed by atoms with Gasteiger partial charge in [0.25, 0.3) is 11.8 Å². The Morgan fingerprint density at radius 2 is 1.66 bits per heavy atom. The number of methoxy groups -OCH3 is 1. The van der Waals surface area contributed by atoms with Crippen LogP contribution in [0.15, 0.2) is 60.7 Å². The number of hydrogen-bond donors (Lipinski definition) is 1. The third-order valence-electron chi connectivity index (χ3n) is 6.07. The fraction of sp³-hybridized carbons (Fsp3) is 0.296. The Labute approximate surface area is 210 Å². The maximum absolute atomic E-state index is 13.1. The highest BCUT2D eigenvalue weighted by atomic mass is 35.5. The van der Waals surface area contributed by atoms with Gasteiger partial charge in [0.2, 0.25) is 0 Å². The predicted octanol–water partition coefficient (Wildman–Crippen LogP) is 5.09. The average Bonchev–Trinajstić information content (AvgIpc) is 2.88. The number of aryl methyl sites for hydroxylation is 1. The van der Waals surface area contributed by atoms with Gasteiger partial charge in [-0.25, -0.2) is 0 Å². The lowest BCUT2D eigenvalue weighted by atomic mass is 9.89. The number of amides is 2. The second kappa shape index (κ2) is 11.2. The highest BCUT2D eigenvalue weighted by molar-refractivity contribution is 6.30. The van der Waals surface area contributed by atoms with Crippen LogP contribution in [0.5, 0.6) is 11.5 Å². The van der Waals surface area contributed by atoms with Gasteiger partial charge in [0, 0.05) is 35.4 Å². The van der Waals surface area contributed by atoms with Gasteiger partial charge in [-0.05, 0) is 80.4 Å². The first-order valence-electron chi connectivity index (χ1n) is 11.5. The van der Waals surface area contributed by atoms with Crippen LogP contribution in [0.1, 0.15) is 40.5 Å². The Hall–Kier alpha value is -3.58. The second-order valence-corrected chi connectivity index (χ2v) is 8.90. The molecule has 2 aromatic carbocycles. The minimum atomic E-state index is -0.201. The molecule has 0 bridgehead atoms. The van der Waals surface area contributed by atoms with Crippen molar-refractivity contribution in [2.75, 3.05) is 32.1 Å². The fourth-order valence-electron chi connectivity index (χ4n) is 4.12. The van der Waals surface area contributed by atoms with E-state index in [1.165, 1.54) is 0 Å². The minimum Gasteiger partial charge on any atom is -0.497 e.